The Morgan fingerprint density at radius 1 is 1.43 bits per heavy atom. The molecule has 0 saturated carbocycles. The highest BCUT2D eigenvalue weighted by Gasteiger charge is 2.30. The van der Waals surface area contributed by atoms with E-state index >= 15 is 0 Å². The Labute approximate surface area is 124 Å². The molecule has 0 aromatic carbocycles. The van der Waals surface area contributed by atoms with Gasteiger partial charge in [-0.15, -0.1) is 0 Å². The molecule has 1 amide bonds. The molecule has 2 fully saturated rings. The van der Waals surface area contributed by atoms with E-state index in [0.29, 0.717) is 31.9 Å². The fraction of sp³-hybridized carbons (Fsp3) is 0.786. The van der Waals surface area contributed by atoms with Gasteiger partial charge in [-0.2, -0.15) is 5.10 Å². The van der Waals surface area contributed by atoms with Crippen LogP contribution in [0, 0.1) is 0 Å². The van der Waals surface area contributed by atoms with Crippen molar-refractivity contribution in [2.45, 2.75) is 44.8 Å². The summed E-state index contributed by atoms with van der Waals surface area (Å²) in [5.41, 5.74) is 0. The Balaban J connectivity index is 1.58. The van der Waals surface area contributed by atoms with Gasteiger partial charge in [0.2, 0.25) is 5.91 Å². The number of nitrogens with zero attached hydrogens (tertiary/aromatic N) is 3. The molecule has 7 nitrogen and oxygen atoms in total. The minimum Gasteiger partial charge on any atom is -0.378 e. The molecule has 2 atom stereocenters. The van der Waals surface area contributed by atoms with Gasteiger partial charge < -0.3 is 14.4 Å². The van der Waals surface area contributed by atoms with E-state index < -0.39 is 0 Å². The minimum absolute atomic E-state index is 0.0917. The average molecular weight is 294 g/mol. The second-order valence-corrected chi connectivity index (χ2v) is 5.53. The summed E-state index contributed by atoms with van der Waals surface area (Å²) in [6.07, 6.45) is 3.18. The molecule has 3 heterocycles. The fourth-order valence-corrected chi connectivity index (χ4v) is 2.77. The summed E-state index contributed by atoms with van der Waals surface area (Å²) in [6.45, 7) is 4.47. The summed E-state index contributed by atoms with van der Waals surface area (Å²) >= 11 is 0. The molecule has 7 heteroatoms. The third-order valence-corrected chi connectivity index (χ3v) is 4.02. The lowest BCUT2D eigenvalue weighted by atomic mass is 10.1. The molecule has 0 unspecified atom stereocenters. The topological polar surface area (TPSA) is 80.3 Å². The molecule has 0 aliphatic carbocycles. The van der Waals surface area contributed by atoms with Crippen LogP contribution in [0.25, 0.3) is 0 Å². The molecule has 2 aliphatic rings. The largest absolute Gasteiger partial charge is 0.378 e. The number of carbonyl (C=O) groups excluding carboxylic acids is 1. The maximum Gasteiger partial charge on any atom is 0.225 e. The van der Waals surface area contributed by atoms with Gasteiger partial charge in [0.1, 0.15) is 11.9 Å². The van der Waals surface area contributed by atoms with Gasteiger partial charge in [-0.3, -0.25) is 9.89 Å². The number of carbonyl (C=O) groups is 1. The highest BCUT2D eigenvalue weighted by Crippen LogP contribution is 2.22. The normalized spacial score (nSPS) is 26.2. The SMILES string of the molecule is CCc1nc([C@H]2CN(C(=O)C[C@@H]3CCCO3)CCO2)n[nH]1. The van der Waals surface area contributed by atoms with Gasteiger partial charge in [-0.25, -0.2) is 4.98 Å². The molecule has 1 aromatic rings. The second-order valence-electron chi connectivity index (χ2n) is 5.53. The first-order chi connectivity index (χ1) is 10.3. The Kier molecular flexibility index (Phi) is 4.50. The van der Waals surface area contributed by atoms with Crippen LogP contribution < -0.4 is 0 Å². The van der Waals surface area contributed by atoms with Crippen molar-refractivity contribution < 1.29 is 14.3 Å². The molecule has 2 saturated heterocycles. The summed E-state index contributed by atoms with van der Waals surface area (Å²) in [6, 6.07) is 0. The monoisotopic (exact) mass is 294 g/mol. The van der Waals surface area contributed by atoms with Crippen molar-refractivity contribution in [2.75, 3.05) is 26.3 Å². The van der Waals surface area contributed by atoms with Crippen molar-refractivity contribution >= 4 is 5.91 Å². The number of amides is 1. The number of morpholine rings is 1. The van der Waals surface area contributed by atoms with Crippen LogP contribution in [-0.4, -0.2) is 58.4 Å². The number of nitrogens with one attached hydrogen (secondary N) is 1. The van der Waals surface area contributed by atoms with Gasteiger partial charge in [0, 0.05) is 19.6 Å². The Morgan fingerprint density at radius 2 is 2.33 bits per heavy atom. The van der Waals surface area contributed by atoms with Gasteiger partial charge in [0.25, 0.3) is 0 Å². The van der Waals surface area contributed by atoms with Crippen LogP contribution in [0.3, 0.4) is 0 Å². The number of aromatic amines is 1. The molecule has 0 spiro atoms. The van der Waals surface area contributed by atoms with Crippen molar-refractivity contribution in [3.8, 4) is 0 Å². The summed E-state index contributed by atoms with van der Waals surface area (Å²) < 4.78 is 11.2. The summed E-state index contributed by atoms with van der Waals surface area (Å²) in [7, 11) is 0. The maximum absolute atomic E-state index is 12.3. The van der Waals surface area contributed by atoms with Crippen LogP contribution in [0.2, 0.25) is 0 Å². The number of aryl methyl sites for hydroxylation is 1. The Bertz CT molecular complexity index is 484. The van der Waals surface area contributed by atoms with E-state index in [-0.39, 0.29) is 18.1 Å². The lowest BCUT2D eigenvalue weighted by Crippen LogP contribution is -2.43. The number of aromatic nitrogens is 3. The van der Waals surface area contributed by atoms with Crippen molar-refractivity contribution in [3.05, 3.63) is 11.6 Å². The molecule has 3 rings (SSSR count). The van der Waals surface area contributed by atoms with Gasteiger partial charge in [-0.05, 0) is 12.8 Å². The van der Waals surface area contributed by atoms with E-state index in [1.54, 1.807) is 0 Å². The zero-order valence-electron chi connectivity index (χ0n) is 12.4. The summed E-state index contributed by atoms with van der Waals surface area (Å²) in [5.74, 6) is 1.62. The van der Waals surface area contributed by atoms with Crippen LogP contribution in [0.1, 0.15) is 43.9 Å². The smallest absolute Gasteiger partial charge is 0.225 e. The van der Waals surface area contributed by atoms with Crippen molar-refractivity contribution in [1.29, 1.82) is 0 Å². The molecule has 21 heavy (non-hydrogen) atoms. The lowest BCUT2D eigenvalue weighted by Gasteiger charge is -2.32. The van der Waals surface area contributed by atoms with Crippen LogP contribution in [0.15, 0.2) is 0 Å². The van der Waals surface area contributed by atoms with E-state index in [2.05, 4.69) is 15.2 Å². The summed E-state index contributed by atoms with van der Waals surface area (Å²) in [4.78, 5) is 18.6. The predicted molar refractivity (Wildman–Crippen MR) is 74.6 cm³/mol. The van der Waals surface area contributed by atoms with Gasteiger partial charge in [0.15, 0.2) is 5.82 Å². The fourth-order valence-electron chi connectivity index (χ4n) is 2.77. The molecule has 2 aliphatic heterocycles. The third-order valence-electron chi connectivity index (χ3n) is 4.02. The minimum atomic E-state index is -0.233. The van der Waals surface area contributed by atoms with Crippen molar-refractivity contribution in [1.82, 2.24) is 20.1 Å². The van der Waals surface area contributed by atoms with E-state index in [4.69, 9.17) is 9.47 Å². The first-order valence-electron chi connectivity index (χ1n) is 7.68. The lowest BCUT2D eigenvalue weighted by molar-refractivity contribution is -0.141. The molecular formula is C14H22N4O3. The Hall–Kier alpha value is -1.47. The van der Waals surface area contributed by atoms with Crippen LogP contribution in [-0.2, 0) is 20.7 Å². The van der Waals surface area contributed by atoms with Crippen LogP contribution in [0.4, 0.5) is 0 Å². The van der Waals surface area contributed by atoms with Crippen LogP contribution in [0.5, 0.6) is 0 Å². The van der Waals surface area contributed by atoms with Gasteiger partial charge in [-0.1, -0.05) is 6.92 Å². The molecular weight excluding hydrogens is 272 g/mol. The molecule has 116 valence electrons. The molecule has 1 aromatic heterocycles. The maximum atomic E-state index is 12.3. The highest BCUT2D eigenvalue weighted by atomic mass is 16.5. The van der Waals surface area contributed by atoms with Gasteiger partial charge in [0.05, 0.1) is 25.7 Å². The van der Waals surface area contributed by atoms with E-state index in [1.807, 2.05) is 11.8 Å². The molecule has 0 bridgehead atoms. The van der Waals surface area contributed by atoms with Gasteiger partial charge >= 0.3 is 0 Å². The first kappa shape index (κ1) is 14.5. The number of hydrogen-bond acceptors (Lipinski definition) is 5. The zero-order valence-corrected chi connectivity index (χ0v) is 12.4. The highest BCUT2D eigenvalue weighted by molar-refractivity contribution is 5.76. The van der Waals surface area contributed by atoms with E-state index in [1.165, 1.54) is 0 Å². The van der Waals surface area contributed by atoms with Crippen molar-refractivity contribution in [3.63, 3.8) is 0 Å². The number of ether oxygens (including phenoxy) is 2. The number of H-pyrrole nitrogens is 1. The van der Waals surface area contributed by atoms with E-state index in [9.17, 15) is 4.79 Å². The number of hydrogen-bond donors (Lipinski definition) is 1. The second kappa shape index (κ2) is 6.53. The average Bonchev–Trinajstić information content (AvgIpc) is 3.18. The van der Waals surface area contributed by atoms with E-state index in [0.717, 1.165) is 31.7 Å². The standard InChI is InChI=1S/C14H22N4O3/c1-2-12-15-14(17-16-12)11-9-18(5-7-21-11)13(19)8-10-4-3-6-20-10/h10-11H,2-9H2,1H3,(H,15,16,17)/t10-,11+/m0/s1. The summed E-state index contributed by atoms with van der Waals surface area (Å²) in [5, 5.41) is 7.07. The van der Waals surface area contributed by atoms with Crippen molar-refractivity contribution in [2.24, 2.45) is 0 Å². The molecule has 0 radical (unpaired) electrons. The van der Waals surface area contributed by atoms with Crippen LogP contribution >= 0.6 is 0 Å². The first-order valence-corrected chi connectivity index (χ1v) is 7.68. The third kappa shape index (κ3) is 3.41. The zero-order chi connectivity index (χ0) is 14.7. The Morgan fingerprint density at radius 3 is 3.05 bits per heavy atom. The number of rotatable bonds is 4. The quantitative estimate of drug-likeness (QED) is 0.890. The molecule has 1 N–H and O–H groups in total. The predicted octanol–water partition coefficient (Wildman–Crippen LogP) is 0.836.